The van der Waals surface area contributed by atoms with Gasteiger partial charge in [-0.2, -0.15) is 0 Å². The lowest BCUT2D eigenvalue weighted by atomic mass is 9.86. The summed E-state index contributed by atoms with van der Waals surface area (Å²) in [6.45, 7) is 9.20. The number of ketones is 1. The number of piperidine rings is 1. The largest absolute Gasteiger partial charge is 0.393 e. The number of hydrogen-bond donors (Lipinski definition) is 1. The van der Waals surface area contributed by atoms with Crippen LogP contribution in [0.2, 0.25) is 0 Å². The van der Waals surface area contributed by atoms with Gasteiger partial charge in [0.15, 0.2) is 0 Å². The Bertz CT molecular complexity index is 561. The third-order valence-electron chi connectivity index (χ3n) is 4.72. The second-order valence-corrected chi connectivity index (χ2v) is 7.53. The molecule has 0 spiro atoms. The number of aliphatic hydroxyl groups excluding tert-OH is 1. The molecule has 2 rings (SSSR count). The number of Topliss-reactive ketones (excluding diaryl/α,β-unsaturated/α-hetero) is 1. The Kier molecular flexibility index (Phi) is 5.25. The molecule has 1 N–H and O–H groups in total. The summed E-state index contributed by atoms with van der Waals surface area (Å²) in [5, 5.41) is 9.61. The predicted molar refractivity (Wildman–Crippen MR) is 90.5 cm³/mol. The van der Waals surface area contributed by atoms with Crippen molar-refractivity contribution in [3.05, 3.63) is 35.4 Å². The number of rotatable bonds is 3. The summed E-state index contributed by atoms with van der Waals surface area (Å²) >= 11 is 0. The summed E-state index contributed by atoms with van der Waals surface area (Å²) in [6, 6.07) is 7.31. The number of hydrogen-bond acceptors (Lipinski definition) is 3. The molecule has 0 bridgehead atoms. The van der Waals surface area contributed by atoms with Crippen molar-refractivity contribution < 1.29 is 14.7 Å². The summed E-state index contributed by atoms with van der Waals surface area (Å²) in [7, 11) is 0. The van der Waals surface area contributed by atoms with Crippen molar-refractivity contribution >= 4 is 11.7 Å². The maximum absolute atomic E-state index is 12.4. The van der Waals surface area contributed by atoms with Crippen LogP contribution in [-0.4, -0.2) is 40.9 Å². The number of aliphatic hydroxyl groups is 1. The van der Waals surface area contributed by atoms with Gasteiger partial charge in [0, 0.05) is 18.7 Å². The molecule has 0 aliphatic carbocycles. The molecular weight excluding hydrogens is 290 g/mol. The van der Waals surface area contributed by atoms with Gasteiger partial charge >= 0.3 is 0 Å². The average molecular weight is 317 g/mol. The van der Waals surface area contributed by atoms with E-state index in [9.17, 15) is 14.7 Å². The highest BCUT2D eigenvalue weighted by molar-refractivity contribution is 6.42. The fourth-order valence-electron chi connectivity index (χ4n) is 2.97. The Morgan fingerprint density at radius 2 is 1.65 bits per heavy atom. The molecule has 4 nitrogen and oxygen atoms in total. The lowest BCUT2D eigenvalue weighted by molar-refractivity contribution is -0.128. The third-order valence-corrected chi connectivity index (χ3v) is 4.72. The average Bonchev–Trinajstić information content (AvgIpc) is 2.53. The summed E-state index contributed by atoms with van der Waals surface area (Å²) in [6.07, 6.45) is 1.15. The molecule has 1 saturated heterocycles. The van der Waals surface area contributed by atoms with Crippen LogP contribution in [-0.2, 0) is 10.2 Å². The molecule has 1 aromatic carbocycles. The minimum atomic E-state index is -0.444. The first-order chi connectivity index (χ1) is 10.7. The topological polar surface area (TPSA) is 57.6 Å². The fraction of sp³-hybridized carbons (Fsp3) is 0.579. The van der Waals surface area contributed by atoms with Gasteiger partial charge in [-0.15, -0.1) is 0 Å². The molecule has 1 amide bonds. The number of carbonyl (C=O) groups is 2. The molecule has 1 aliphatic heterocycles. The molecule has 1 aromatic rings. The Hall–Kier alpha value is -1.68. The zero-order chi connectivity index (χ0) is 17.2. The van der Waals surface area contributed by atoms with Crippen molar-refractivity contribution in [2.24, 2.45) is 5.92 Å². The minimum absolute atomic E-state index is 0.0223. The van der Waals surface area contributed by atoms with E-state index in [1.807, 2.05) is 12.1 Å². The van der Waals surface area contributed by atoms with E-state index in [2.05, 4.69) is 20.8 Å². The van der Waals surface area contributed by atoms with Crippen molar-refractivity contribution in [3.63, 3.8) is 0 Å². The van der Waals surface area contributed by atoms with Gasteiger partial charge in [0.05, 0.1) is 6.10 Å². The summed E-state index contributed by atoms with van der Waals surface area (Å²) in [5.74, 6) is -0.654. The molecule has 0 aromatic heterocycles. The third kappa shape index (κ3) is 4.20. The van der Waals surface area contributed by atoms with Crippen LogP contribution in [0.1, 0.15) is 56.5 Å². The Morgan fingerprint density at radius 1 is 1.13 bits per heavy atom. The zero-order valence-corrected chi connectivity index (χ0v) is 14.5. The molecule has 23 heavy (non-hydrogen) atoms. The van der Waals surface area contributed by atoms with Crippen LogP contribution in [0.4, 0.5) is 0 Å². The molecular formula is C19H27NO3. The van der Waals surface area contributed by atoms with E-state index in [0.717, 1.165) is 18.4 Å². The summed E-state index contributed by atoms with van der Waals surface area (Å²) < 4.78 is 0. The second kappa shape index (κ2) is 6.83. The lowest BCUT2D eigenvalue weighted by Gasteiger charge is -2.32. The molecule has 126 valence electrons. The van der Waals surface area contributed by atoms with Crippen molar-refractivity contribution in [2.75, 3.05) is 13.1 Å². The molecule has 0 saturated carbocycles. The Morgan fingerprint density at radius 3 is 2.09 bits per heavy atom. The van der Waals surface area contributed by atoms with Gasteiger partial charge in [0.25, 0.3) is 5.91 Å². The first-order valence-electron chi connectivity index (χ1n) is 8.32. The highest BCUT2D eigenvalue weighted by Gasteiger charge is 2.29. The van der Waals surface area contributed by atoms with E-state index < -0.39 is 11.7 Å². The van der Waals surface area contributed by atoms with Crippen molar-refractivity contribution in [1.29, 1.82) is 0 Å². The van der Waals surface area contributed by atoms with E-state index in [-0.39, 0.29) is 17.4 Å². The first-order valence-corrected chi connectivity index (χ1v) is 8.32. The van der Waals surface area contributed by atoms with Crippen LogP contribution >= 0.6 is 0 Å². The van der Waals surface area contributed by atoms with Gasteiger partial charge in [-0.25, -0.2) is 0 Å². The molecule has 1 heterocycles. The lowest BCUT2D eigenvalue weighted by Crippen LogP contribution is -2.43. The molecule has 1 aliphatic rings. The maximum atomic E-state index is 12.4. The van der Waals surface area contributed by atoms with Gasteiger partial charge in [-0.05, 0) is 36.7 Å². The molecule has 1 unspecified atom stereocenters. The van der Waals surface area contributed by atoms with Gasteiger partial charge in [0.1, 0.15) is 0 Å². The Balaban J connectivity index is 2.02. The van der Waals surface area contributed by atoms with Crippen molar-refractivity contribution in [1.82, 2.24) is 4.90 Å². The number of benzene rings is 1. The molecule has 0 radical (unpaired) electrons. The normalized spacial score (nSPS) is 17.9. The van der Waals surface area contributed by atoms with E-state index in [1.165, 1.54) is 0 Å². The van der Waals surface area contributed by atoms with Crippen LogP contribution in [0.5, 0.6) is 0 Å². The highest BCUT2D eigenvalue weighted by atomic mass is 16.3. The number of carbonyl (C=O) groups excluding carboxylic acids is 2. The van der Waals surface area contributed by atoms with Crippen LogP contribution in [0.3, 0.4) is 0 Å². The summed E-state index contributed by atoms with van der Waals surface area (Å²) in [5.41, 5.74) is 1.61. The number of amides is 1. The monoisotopic (exact) mass is 317 g/mol. The van der Waals surface area contributed by atoms with Gasteiger partial charge in [0.2, 0.25) is 5.78 Å². The van der Waals surface area contributed by atoms with E-state index in [1.54, 1.807) is 24.0 Å². The van der Waals surface area contributed by atoms with E-state index in [0.29, 0.717) is 18.7 Å². The minimum Gasteiger partial charge on any atom is -0.393 e. The Labute approximate surface area is 138 Å². The second-order valence-electron chi connectivity index (χ2n) is 7.53. The van der Waals surface area contributed by atoms with Crippen molar-refractivity contribution in [3.8, 4) is 0 Å². The quantitative estimate of drug-likeness (QED) is 0.689. The first kappa shape index (κ1) is 17.7. The van der Waals surface area contributed by atoms with Crippen LogP contribution in [0, 0.1) is 5.92 Å². The maximum Gasteiger partial charge on any atom is 0.294 e. The van der Waals surface area contributed by atoms with Gasteiger partial charge in [-0.3, -0.25) is 9.59 Å². The van der Waals surface area contributed by atoms with Crippen LogP contribution in [0.25, 0.3) is 0 Å². The highest BCUT2D eigenvalue weighted by Crippen LogP contribution is 2.23. The SMILES string of the molecule is CC(O)C1CCN(C(=O)C(=O)c2ccc(C(C)(C)C)cc2)CC1. The predicted octanol–water partition coefficient (Wildman–Crippen LogP) is 2.79. The fourth-order valence-corrected chi connectivity index (χ4v) is 2.97. The van der Waals surface area contributed by atoms with Crippen molar-refractivity contribution in [2.45, 2.75) is 52.1 Å². The molecule has 1 fully saturated rings. The van der Waals surface area contributed by atoms with Gasteiger partial charge in [-0.1, -0.05) is 45.0 Å². The number of likely N-dealkylation sites (tertiary alicyclic amines) is 1. The van der Waals surface area contributed by atoms with E-state index >= 15 is 0 Å². The van der Waals surface area contributed by atoms with Crippen LogP contribution < -0.4 is 0 Å². The summed E-state index contributed by atoms with van der Waals surface area (Å²) in [4.78, 5) is 26.4. The van der Waals surface area contributed by atoms with E-state index in [4.69, 9.17) is 0 Å². The number of nitrogens with zero attached hydrogens (tertiary/aromatic N) is 1. The van der Waals surface area contributed by atoms with Crippen LogP contribution in [0.15, 0.2) is 24.3 Å². The molecule has 1 atom stereocenters. The molecule has 4 heteroatoms. The standard InChI is InChI=1S/C19H27NO3/c1-13(21)14-9-11-20(12-10-14)18(23)17(22)15-5-7-16(8-6-15)19(2,3)4/h5-8,13-14,21H,9-12H2,1-4H3. The zero-order valence-electron chi connectivity index (χ0n) is 14.5. The van der Waals surface area contributed by atoms with Gasteiger partial charge < -0.3 is 10.0 Å². The smallest absolute Gasteiger partial charge is 0.294 e.